The van der Waals surface area contributed by atoms with Crippen LogP contribution in [0.25, 0.3) is 93.5 Å². The molecular weight excluding hydrogens is 773 g/mol. The van der Waals surface area contributed by atoms with E-state index in [0.29, 0.717) is 0 Å². The van der Waals surface area contributed by atoms with Crippen LogP contribution >= 0.6 is 0 Å². The highest BCUT2D eigenvalue weighted by atomic mass is 15.1. The van der Waals surface area contributed by atoms with Crippen molar-refractivity contribution in [2.75, 3.05) is 4.90 Å². The summed E-state index contributed by atoms with van der Waals surface area (Å²) in [5, 5.41) is 7.51. The number of nitrogens with zero attached hydrogens (tertiary/aromatic N) is 2. The lowest BCUT2D eigenvalue weighted by atomic mass is 9.86. The van der Waals surface area contributed by atoms with Gasteiger partial charge in [-0.1, -0.05) is 188 Å². The minimum absolute atomic E-state index is 1.09. The van der Waals surface area contributed by atoms with E-state index in [-0.39, 0.29) is 0 Å². The molecule has 12 aromatic rings. The van der Waals surface area contributed by atoms with E-state index in [2.05, 4.69) is 264 Å². The highest BCUT2D eigenvalue weighted by molar-refractivity contribution is 6.21. The summed E-state index contributed by atoms with van der Waals surface area (Å²) in [7, 11) is 0. The van der Waals surface area contributed by atoms with Crippen LogP contribution in [0.3, 0.4) is 0 Å². The number of fused-ring (bicyclic) bond motifs is 5. The fourth-order valence-electron chi connectivity index (χ4n) is 9.82. The maximum atomic E-state index is 2.37. The predicted molar refractivity (Wildman–Crippen MR) is 272 cm³/mol. The Hall–Kier alpha value is -8.46. The van der Waals surface area contributed by atoms with Gasteiger partial charge >= 0.3 is 0 Å². The summed E-state index contributed by atoms with van der Waals surface area (Å²) in [5.74, 6) is 0. The summed E-state index contributed by atoms with van der Waals surface area (Å²) in [6.45, 7) is 0. The summed E-state index contributed by atoms with van der Waals surface area (Å²) in [4.78, 5) is 2.37. The predicted octanol–water partition coefficient (Wildman–Crippen LogP) is 17.2. The van der Waals surface area contributed by atoms with Crippen LogP contribution in [0, 0.1) is 0 Å². The molecule has 0 aliphatic heterocycles. The first-order valence-corrected chi connectivity index (χ1v) is 22.0. The lowest BCUT2D eigenvalue weighted by molar-refractivity contribution is 1.18. The van der Waals surface area contributed by atoms with Crippen LogP contribution in [0.4, 0.5) is 17.1 Å². The molecule has 0 saturated carbocycles. The summed E-state index contributed by atoms with van der Waals surface area (Å²) in [5.41, 5.74) is 16.6. The van der Waals surface area contributed by atoms with E-state index in [4.69, 9.17) is 0 Å². The standard InChI is InChI=1S/C62H42N2/c1-4-16-43(17-5-1)44-28-35-50(36-29-44)63(51-37-30-45(31-38-51)48-34-41-60-58(42-48)53-22-14-15-27-59(53)64(60)49-20-8-3-9-21-49)52-39-32-47(33-40-52)62-56-25-12-10-23-54(56)61(46-18-6-2-7-19-46)55-24-11-13-26-57(55)62/h1-42H. The molecule has 2 heteroatoms. The average Bonchev–Trinajstić information content (AvgIpc) is 3.71. The van der Waals surface area contributed by atoms with E-state index in [1.165, 1.54) is 93.5 Å². The fourth-order valence-corrected chi connectivity index (χ4v) is 9.82. The van der Waals surface area contributed by atoms with Gasteiger partial charge in [-0.15, -0.1) is 0 Å². The Balaban J connectivity index is 0.957. The Labute approximate surface area is 373 Å². The first-order valence-electron chi connectivity index (χ1n) is 22.0. The van der Waals surface area contributed by atoms with Crippen molar-refractivity contribution in [3.63, 3.8) is 0 Å². The van der Waals surface area contributed by atoms with Gasteiger partial charge in [-0.3, -0.25) is 0 Å². The highest BCUT2D eigenvalue weighted by Crippen LogP contribution is 2.45. The number of hydrogen-bond donors (Lipinski definition) is 0. The van der Waals surface area contributed by atoms with Crippen molar-refractivity contribution < 1.29 is 0 Å². The Bertz CT molecular complexity index is 3550. The van der Waals surface area contributed by atoms with Crippen LogP contribution in [-0.2, 0) is 0 Å². The molecule has 0 bridgehead atoms. The largest absolute Gasteiger partial charge is 0.311 e. The molecule has 0 N–H and O–H groups in total. The van der Waals surface area contributed by atoms with Gasteiger partial charge in [0.2, 0.25) is 0 Å². The summed E-state index contributed by atoms with van der Waals surface area (Å²) in [6.07, 6.45) is 0. The van der Waals surface area contributed by atoms with Crippen LogP contribution in [0.1, 0.15) is 0 Å². The molecule has 0 atom stereocenters. The lowest BCUT2D eigenvalue weighted by Crippen LogP contribution is -2.09. The topological polar surface area (TPSA) is 8.17 Å². The molecule has 0 aliphatic rings. The first-order chi connectivity index (χ1) is 31.8. The zero-order chi connectivity index (χ0) is 42.4. The SMILES string of the molecule is c1ccc(-c2ccc(N(c3ccc(-c4ccc5c(c4)c4ccccc4n5-c4ccccc4)cc3)c3ccc(-c4c5ccccc5c(-c5ccccc5)c5ccccc45)cc3)cc2)cc1. The Kier molecular flexibility index (Phi) is 9.20. The molecule has 64 heavy (non-hydrogen) atoms. The molecule has 0 spiro atoms. The average molecular weight is 815 g/mol. The van der Waals surface area contributed by atoms with E-state index >= 15 is 0 Å². The molecular formula is C62H42N2. The van der Waals surface area contributed by atoms with Gasteiger partial charge in [-0.2, -0.15) is 0 Å². The Morgan fingerprint density at radius 3 is 1.09 bits per heavy atom. The minimum atomic E-state index is 1.09. The van der Waals surface area contributed by atoms with Crippen molar-refractivity contribution in [3.8, 4) is 50.2 Å². The van der Waals surface area contributed by atoms with Crippen molar-refractivity contribution in [1.29, 1.82) is 0 Å². The third kappa shape index (κ3) is 6.44. The van der Waals surface area contributed by atoms with E-state index in [9.17, 15) is 0 Å². The fraction of sp³-hybridized carbons (Fsp3) is 0. The normalized spacial score (nSPS) is 11.4. The van der Waals surface area contributed by atoms with Gasteiger partial charge in [0.25, 0.3) is 0 Å². The summed E-state index contributed by atoms with van der Waals surface area (Å²) in [6, 6.07) is 92.5. The number of hydrogen-bond acceptors (Lipinski definition) is 1. The molecule has 2 nitrogen and oxygen atoms in total. The van der Waals surface area contributed by atoms with Crippen LogP contribution in [0.2, 0.25) is 0 Å². The summed E-state index contributed by atoms with van der Waals surface area (Å²) >= 11 is 0. The number of benzene rings is 11. The minimum Gasteiger partial charge on any atom is -0.311 e. The molecule has 0 radical (unpaired) electrons. The van der Waals surface area contributed by atoms with Crippen LogP contribution in [0.5, 0.6) is 0 Å². The van der Waals surface area contributed by atoms with Crippen molar-refractivity contribution in [1.82, 2.24) is 4.57 Å². The number of rotatable bonds is 8. The lowest BCUT2D eigenvalue weighted by Gasteiger charge is -2.26. The van der Waals surface area contributed by atoms with Gasteiger partial charge in [0, 0.05) is 33.5 Å². The van der Waals surface area contributed by atoms with Gasteiger partial charge in [0.15, 0.2) is 0 Å². The van der Waals surface area contributed by atoms with Crippen LogP contribution in [0.15, 0.2) is 255 Å². The van der Waals surface area contributed by atoms with Crippen molar-refractivity contribution in [2.24, 2.45) is 0 Å². The second kappa shape index (κ2) is 15.8. The number of para-hydroxylation sites is 2. The van der Waals surface area contributed by atoms with Gasteiger partial charge in [0.05, 0.1) is 11.0 Å². The third-order valence-electron chi connectivity index (χ3n) is 12.8. The maximum absolute atomic E-state index is 2.37. The van der Waals surface area contributed by atoms with Gasteiger partial charge in [-0.25, -0.2) is 0 Å². The first kappa shape index (κ1) is 37.3. The monoisotopic (exact) mass is 814 g/mol. The van der Waals surface area contributed by atoms with Crippen molar-refractivity contribution in [3.05, 3.63) is 255 Å². The smallest absolute Gasteiger partial charge is 0.0541 e. The molecule has 0 fully saturated rings. The molecule has 300 valence electrons. The molecule has 0 unspecified atom stereocenters. The molecule has 1 aromatic heterocycles. The number of aromatic nitrogens is 1. The quantitative estimate of drug-likeness (QED) is 0.139. The van der Waals surface area contributed by atoms with Gasteiger partial charge in [-0.05, 0) is 133 Å². The van der Waals surface area contributed by atoms with Crippen molar-refractivity contribution in [2.45, 2.75) is 0 Å². The summed E-state index contributed by atoms with van der Waals surface area (Å²) < 4.78 is 2.37. The zero-order valence-electron chi connectivity index (χ0n) is 35.1. The van der Waals surface area contributed by atoms with E-state index in [0.717, 1.165) is 17.1 Å². The second-order valence-electron chi connectivity index (χ2n) is 16.5. The van der Waals surface area contributed by atoms with Gasteiger partial charge in [0.1, 0.15) is 0 Å². The highest BCUT2D eigenvalue weighted by Gasteiger charge is 2.19. The van der Waals surface area contributed by atoms with Crippen LogP contribution in [-0.4, -0.2) is 4.57 Å². The van der Waals surface area contributed by atoms with Crippen LogP contribution < -0.4 is 4.90 Å². The van der Waals surface area contributed by atoms with E-state index in [1.807, 2.05) is 0 Å². The molecule has 11 aromatic carbocycles. The van der Waals surface area contributed by atoms with E-state index < -0.39 is 0 Å². The number of anilines is 3. The third-order valence-corrected chi connectivity index (χ3v) is 12.8. The molecule has 0 amide bonds. The molecule has 12 rings (SSSR count). The molecule has 0 saturated heterocycles. The van der Waals surface area contributed by atoms with E-state index in [1.54, 1.807) is 0 Å². The van der Waals surface area contributed by atoms with Crippen molar-refractivity contribution >= 4 is 60.4 Å². The molecule has 1 heterocycles. The maximum Gasteiger partial charge on any atom is 0.0541 e. The second-order valence-corrected chi connectivity index (χ2v) is 16.5. The zero-order valence-corrected chi connectivity index (χ0v) is 35.1. The Morgan fingerprint density at radius 1 is 0.234 bits per heavy atom. The van der Waals surface area contributed by atoms with Gasteiger partial charge < -0.3 is 9.47 Å². The molecule has 0 aliphatic carbocycles. The Morgan fingerprint density at radius 2 is 0.578 bits per heavy atom.